The molecule has 1 aliphatic heterocycles. The number of fused-ring (bicyclic) bond motifs is 1. The van der Waals surface area contributed by atoms with E-state index >= 15 is 0 Å². The van der Waals surface area contributed by atoms with E-state index in [0.717, 1.165) is 29.5 Å². The highest BCUT2D eigenvalue weighted by Crippen LogP contribution is 2.37. The van der Waals surface area contributed by atoms with Gasteiger partial charge in [-0.1, -0.05) is 28.1 Å². The van der Waals surface area contributed by atoms with Gasteiger partial charge in [0.05, 0.1) is 6.10 Å². The van der Waals surface area contributed by atoms with Crippen molar-refractivity contribution in [2.24, 2.45) is 5.92 Å². The van der Waals surface area contributed by atoms with Gasteiger partial charge in [-0.25, -0.2) is 4.79 Å². The summed E-state index contributed by atoms with van der Waals surface area (Å²) in [5.74, 6) is 0.516. The summed E-state index contributed by atoms with van der Waals surface area (Å²) < 4.78 is 6.70. The molecule has 2 amide bonds. The van der Waals surface area contributed by atoms with Gasteiger partial charge in [-0.15, -0.1) is 0 Å². The third kappa shape index (κ3) is 3.15. The van der Waals surface area contributed by atoms with Crippen molar-refractivity contribution in [3.8, 4) is 0 Å². The van der Waals surface area contributed by atoms with Crippen LogP contribution in [0.15, 0.2) is 28.7 Å². The largest absolute Gasteiger partial charge is 0.378 e. The molecule has 108 valence electrons. The molecular formula is C15H19BrN2O2. The van der Waals surface area contributed by atoms with Gasteiger partial charge in [-0.2, -0.15) is 0 Å². The van der Waals surface area contributed by atoms with E-state index in [1.807, 2.05) is 24.3 Å². The van der Waals surface area contributed by atoms with E-state index in [4.69, 9.17) is 4.74 Å². The SMILES string of the molecule is O=C(NCc1ccc(Br)cc1)N[C@@H]1C[C@H]2OCCC[C@H]12. The molecule has 20 heavy (non-hydrogen) atoms. The zero-order valence-corrected chi connectivity index (χ0v) is 12.9. The Balaban J connectivity index is 1.42. The molecule has 0 radical (unpaired) electrons. The van der Waals surface area contributed by atoms with E-state index < -0.39 is 0 Å². The van der Waals surface area contributed by atoms with Crippen LogP contribution in [0.2, 0.25) is 0 Å². The highest BCUT2D eigenvalue weighted by molar-refractivity contribution is 9.10. The van der Waals surface area contributed by atoms with Gasteiger partial charge < -0.3 is 15.4 Å². The molecule has 3 atom stereocenters. The maximum Gasteiger partial charge on any atom is 0.315 e. The number of urea groups is 1. The normalized spacial score (nSPS) is 28.1. The van der Waals surface area contributed by atoms with Gasteiger partial charge in [0.1, 0.15) is 0 Å². The summed E-state index contributed by atoms with van der Waals surface area (Å²) in [4.78, 5) is 11.9. The average molecular weight is 339 g/mol. The predicted octanol–water partition coefficient (Wildman–Crippen LogP) is 2.82. The zero-order valence-electron chi connectivity index (χ0n) is 11.3. The molecule has 0 bridgehead atoms. The lowest BCUT2D eigenvalue weighted by Gasteiger charge is -2.47. The molecule has 4 nitrogen and oxygen atoms in total. The number of amides is 2. The van der Waals surface area contributed by atoms with Crippen LogP contribution in [0.5, 0.6) is 0 Å². The first-order chi connectivity index (χ1) is 9.72. The third-order valence-electron chi connectivity index (χ3n) is 4.18. The first-order valence-electron chi connectivity index (χ1n) is 7.13. The summed E-state index contributed by atoms with van der Waals surface area (Å²) in [5.41, 5.74) is 1.09. The van der Waals surface area contributed by atoms with Crippen LogP contribution in [-0.4, -0.2) is 24.8 Å². The molecular weight excluding hydrogens is 320 g/mol. The summed E-state index contributed by atoms with van der Waals surface area (Å²) in [7, 11) is 0. The number of ether oxygens (including phenoxy) is 1. The Morgan fingerprint density at radius 3 is 2.90 bits per heavy atom. The first-order valence-corrected chi connectivity index (χ1v) is 7.92. The van der Waals surface area contributed by atoms with Crippen molar-refractivity contribution in [1.29, 1.82) is 0 Å². The topological polar surface area (TPSA) is 50.4 Å². The highest BCUT2D eigenvalue weighted by Gasteiger charge is 2.43. The van der Waals surface area contributed by atoms with Crippen molar-refractivity contribution >= 4 is 22.0 Å². The quantitative estimate of drug-likeness (QED) is 0.890. The number of hydrogen-bond donors (Lipinski definition) is 2. The lowest BCUT2D eigenvalue weighted by Crippen LogP contribution is -2.59. The van der Waals surface area contributed by atoms with E-state index in [2.05, 4.69) is 26.6 Å². The van der Waals surface area contributed by atoms with Crippen molar-refractivity contribution < 1.29 is 9.53 Å². The smallest absolute Gasteiger partial charge is 0.315 e. The summed E-state index contributed by atoms with van der Waals surface area (Å²) in [6.07, 6.45) is 3.61. The van der Waals surface area contributed by atoms with Gasteiger partial charge >= 0.3 is 6.03 Å². The highest BCUT2D eigenvalue weighted by atomic mass is 79.9. The molecule has 0 unspecified atom stereocenters. The molecule has 0 spiro atoms. The molecule has 1 heterocycles. The maximum atomic E-state index is 11.9. The predicted molar refractivity (Wildman–Crippen MR) is 80.4 cm³/mol. The standard InChI is InChI=1S/C15H19BrN2O2/c16-11-5-3-10(4-6-11)9-17-15(19)18-13-8-14-12(13)2-1-7-20-14/h3-6,12-14H,1-2,7-9H2,(H2,17,18,19)/t12-,13-,14-/m1/s1. The number of carbonyl (C=O) groups is 1. The van der Waals surface area contributed by atoms with E-state index in [1.54, 1.807) is 0 Å². The third-order valence-corrected chi connectivity index (χ3v) is 4.71. The van der Waals surface area contributed by atoms with E-state index in [1.165, 1.54) is 6.42 Å². The van der Waals surface area contributed by atoms with E-state index in [-0.39, 0.29) is 12.1 Å². The van der Waals surface area contributed by atoms with Crippen LogP contribution in [-0.2, 0) is 11.3 Å². The summed E-state index contributed by atoms with van der Waals surface area (Å²) in [6.45, 7) is 1.43. The number of hydrogen-bond acceptors (Lipinski definition) is 2. The Morgan fingerprint density at radius 2 is 2.15 bits per heavy atom. The second-order valence-corrected chi connectivity index (χ2v) is 6.43. The van der Waals surface area contributed by atoms with Crippen LogP contribution in [0.3, 0.4) is 0 Å². The molecule has 1 saturated heterocycles. The summed E-state index contributed by atoms with van der Waals surface area (Å²) in [5, 5.41) is 5.96. The van der Waals surface area contributed by atoms with Crippen LogP contribution in [0.25, 0.3) is 0 Å². The average Bonchev–Trinajstić information content (AvgIpc) is 2.44. The fraction of sp³-hybridized carbons (Fsp3) is 0.533. The second kappa shape index (κ2) is 6.14. The fourth-order valence-electron chi connectivity index (χ4n) is 2.97. The van der Waals surface area contributed by atoms with Crippen molar-refractivity contribution in [2.45, 2.75) is 38.0 Å². The van der Waals surface area contributed by atoms with Crippen molar-refractivity contribution in [1.82, 2.24) is 10.6 Å². The van der Waals surface area contributed by atoms with Crippen molar-refractivity contribution in [3.05, 3.63) is 34.3 Å². The lowest BCUT2D eigenvalue weighted by atomic mass is 9.72. The fourth-order valence-corrected chi connectivity index (χ4v) is 3.23. The number of benzene rings is 1. The lowest BCUT2D eigenvalue weighted by molar-refractivity contribution is -0.0999. The minimum absolute atomic E-state index is 0.0815. The molecule has 2 N–H and O–H groups in total. The number of carbonyl (C=O) groups excluding carboxylic acids is 1. The van der Waals surface area contributed by atoms with Gasteiger partial charge in [-0.05, 0) is 37.0 Å². The Kier molecular flexibility index (Phi) is 4.27. The zero-order chi connectivity index (χ0) is 13.9. The molecule has 1 aromatic rings. The van der Waals surface area contributed by atoms with Gasteiger partial charge in [0.15, 0.2) is 0 Å². The van der Waals surface area contributed by atoms with Crippen LogP contribution in [0.1, 0.15) is 24.8 Å². The van der Waals surface area contributed by atoms with Gasteiger partial charge in [0, 0.05) is 29.6 Å². The van der Waals surface area contributed by atoms with E-state index in [9.17, 15) is 4.79 Å². The van der Waals surface area contributed by atoms with E-state index in [0.29, 0.717) is 18.6 Å². The molecule has 1 aliphatic carbocycles. The molecule has 2 aliphatic rings. The summed E-state index contributed by atoms with van der Waals surface area (Å²) >= 11 is 3.40. The minimum Gasteiger partial charge on any atom is -0.378 e. The molecule has 2 fully saturated rings. The first kappa shape index (κ1) is 13.9. The summed E-state index contributed by atoms with van der Waals surface area (Å²) in [6, 6.07) is 8.15. The number of rotatable bonds is 3. The Morgan fingerprint density at radius 1 is 1.35 bits per heavy atom. The molecule has 5 heteroatoms. The Labute approximate surface area is 127 Å². The van der Waals surface area contributed by atoms with Crippen LogP contribution in [0.4, 0.5) is 4.79 Å². The monoisotopic (exact) mass is 338 g/mol. The molecule has 1 saturated carbocycles. The van der Waals surface area contributed by atoms with Crippen LogP contribution in [0, 0.1) is 5.92 Å². The van der Waals surface area contributed by atoms with Crippen LogP contribution < -0.4 is 10.6 Å². The minimum atomic E-state index is -0.0815. The molecule has 1 aromatic carbocycles. The van der Waals surface area contributed by atoms with Gasteiger partial charge in [0.25, 0.3) is 0 Å². The Hall–Kier alpha value is -1.07. The second-order valence-electron chi connectivity index (χ2n) is 5.51. The maximum absolute atomic E-state index is 11.9. The Bertz CT molecular complexity index is 477. The van der Waals surface area contributed by atoms with Crippen molar-refractivity contribution in [2.75, 3.05) is 6.61 Å². The number of halogens is 1. The molecule has 3 rings (SSSR count). The number of nitrogens with one attached hydrogen (secondary N) is 2. The van der Waals surface area contributed by atoms with Gasteiger partial charge in [0.2, 0.25) is 0 Å². The van der Waals surface area contributed by atoms with Crippen LogP contribution >= 0.6 is 15.9 Å². The van der Waals surface area contributed by atoms with Gasteiger partial charge in [-0.3, -0.25) is 0 Å². The molecule has 0 aromatic heterocycles. The van der Waals surface area contributed by atoms with Crippen molar-refractivity contribution in [3.63, 3.8) is 0 Å².